The molecule has 110 valence electrons. The molecule has 1 amide bonds. The minimum Gasteiger partial charge on any atom is -0.372 e. The maximum Gasteiger partial charge on any atom is 0.288 e. The third-order valence-electron chi connectivity index (χ3n) is 2.63. The fourth-order valence-electron chi connectivity index (χ4n) is 1.66. The van der Waals surface area contributed by atoms with Crippen molar-refractivity contribution < 1.29 is 9.72 Å². The van der Waals surface area contributed by atoms with Crippen LogP contribution in [0.25, 0.3) is 0 Å². The van der Waals surface area contributed by atoms with Gasteiger partial charge in [0.25, 0.3) is 11.6 Å². The van der Waals surface area contributed by atoms with Crippen molar-refractivity contribution in [1.82, 2.24) is 15.3 Å². The van der Waals surface area contributed by atoms with E-state index in [1.165, 1.54) is 17.4 Å². The van der Waals surface area contributed by atoms with Crippen LogP contribution >= 0.6 is 11.3 Å². The third-order valence-corrected chi connectivity index (χ3v) is 3.60. The van der Waals surface area contributed by atoms with Crippen LogP contribution in [-0.2, 0) is 6.54 Å². The van der Waals surface area contributed by atoms with Gasteiger partial charge in [0.1, 0.15) is 17.0 Å². The summed E-state index contributed by atoms with van der Waals surface area (Å²) in [7, 11) is 1.59. The summed E-state index contributed by atoms with van der Waals surface area (Å²) in [6.07, 6.45) is 1.10. The monoisotopic (exact) mass is 307 g/mol. The predicted molar refractivity (Wildman–Crippen MR) is 78.5 cm³/mol. The predicted octanol–water partition coefficient (Wildman–Crippen LogP) is 1.73. The molecule has 0 radical (unpaired) electrons. The molecule has 0 saturated carbocycles. The summed E-state index contributed by atoms with van der Waals surface area (Å²) in [4.78, 5) is 30.4. The Kier molecular flexibility index (Phi) is 4.43. The SMILES string of the molecule is CNc1ncc([N+](=O)[O-])cc1C(=O)NCc1nc(C)cs1. The summed E-state index contributed by atoms with van der Waals surface area (Å²) in [6, 6.07) is 1.20. The molecule has 8 nitrogen and oxygen atoms in total. The van der Waals surface area contributed by atoms with Gasteiger partial charge in [-0.2, -0.15) is 0 Å². The largest absolute Gasteiger partial charge is 0.372 e. The molecular formula is C12H13N5O3S. The fourth-order valence-corrected chi connectivity index (χ4v) is 2.37. The number of hydrogen-bond acceptors (Lipinski definition) is 7. The van der Waals surface area contributed by atoms with Crippen LogP contribution in [0.2, 0.25) is 0 Å². The number of nitrogens with zero attached hydrogens (tertiary/aromatic N) is 3. The van der Waals surface area contributed by atoms with Crippen molar-refractivity contribution in [2.75, 3.05) is 12.4 Å². The summed E-state index contributed by atoms with van der Waals surface area (Å²) < 4.78 is 0. The summed E-state index contributed by atoms with van der Waals surface area (Å²) in [5, 5.41) is 18.8. The number of pyridine rings is 1. The van der Waals surface area contributed by atoms with Crippen LogP contribution in [0.3, 0.4) is 0 Å². The molecule has 0 aliphatic heterocycles. The minimum absolute atomic E-state index is 0.125. The number of aryl methyl sites for hydroxylation is 1. The number of hydrogen-bond donors (Lipinski definition) is 2. The van der Waals surface area contributed by atoms with Crippen molar-refractivity contribution in [1.29, 1.82) is 0 Å². The quantitative estimate of drug-likeness (QED) is 0.643. The number of carbonyl (C=O) groups is 1. The van der Waals surface area contributed by atoms with E-state index < -0.39 is 10.8 Å². The second-order valence-corrected chi connectivity index (χ2v) is 5.10. The Bertz CT molecular complexity index is 685. The van der Waals surface area contributed by atoms with E-state index in [9.17, 15) is 14.9 Å². The van der Waals surface area contributed by atoms with E-state index >= 15 is 0 Å². The van der Waals surface area contributed by atoms with Gasteiger partial charge in [-0.05, 0) is 6.92 Å². The maximum atomic E-state index is 12.1. The van der Waals surface area contributed by atoms with E-state index in [1.807, 2.05) is 12.3 Å². The van der Waals surface area contributed by atoms with Crippen molar-refractivity contribution in [3.8, 4) is 0 Å². The van der Waals surface area contributed by atoms with E-state index in [1.54, 1.807) is 7.05 Å². The van der Waals surface area contributed by atoms with Crippen LogP contribution in [0.1, 0.15) is 21.1 Å². The molecule has 0 aliphatic rings. The van der Waals surface area contributed by atoms with Crippen LogP contribution < -0.4 is 10.6 Å². The lowest BCUT2D eigenvalue weighted by Gasteiger charge is -2.07. The molecule has 0 unspecified atom stereocenters. The van der Waals surface area contributed by atoms with Crippen LogP contribution in [0.15, 0.2) is 17.6 Å². The fraction of sp³-hybridized carbons (Fsp3) is 0.250. The van der Waals surface area contributed by atoms with Gasteiger partial charge >= 0.3 is 0 Å². The topological polar surface area (TPSA) is 110 Å². The lowest BCUT2D eigenvalue weighted by Crippen LogP contribution is -2.24. The minimum atomic E-state index is -0.590. The summed E-state index contributed by atoms with van der Waals surface area (Å²) in [5.74, 6) is -0.156. The van der Waals surface area contributed by atoms with Crippen LogP contribution in [0.4, 0.5) is 11.5 Å². The molecule has 0 spiro atoms. The molecule has 0 bridgehead atoms. The summed E-state index contributed by atoms with van der Waals surface area (Å²) >= 11 is 1.44. The van der Waals surface area contributed by atoms with Gasteiger partial charge in [-0.1, -0.05) is 0 Å². The first-order valence-corrected chi connectivity index (χ1v) is 6.90. The number of nitro groups is 1. The number of nitrogens with one attached hydrogen (secondary N) is 2. The second-order valence-electron chi connectivity index (χ2n) is 4.16. The average Bonchev–Trinajstić information content (AvgIpc) is 2.89. The molecule has 0 atom stereocenters. The van der Waals surface area contributed by atoms with Gasteiger partial charge in [0.2, 0.25) is 0 Å². The zero-order chi connectivity index (χ0) is 15.4. The van der Waals surface area contributed by atoms with Gasteiger partial charge in [0.15, 0.2) is 0 Å². The average molecular weight is 307 g/mol. The first-order valence-electron chi connectivity index (χ1n) is 6.02. The van der Waals surface area contributed by atoms with Crippen molar-refractivity contribution >= 4 is 28.7 Å². The van der Waals surface area contributed by atoms with Gasteiger partial charge in [0, 0.05) is 24.2 Å². The number of amides is 1. The van der Waals surface area contributed by atoms with E-state index in [-0.39, 0.29) is 23.6 Å². The first kappa shape index (κ1) is 14.9. The number of anilines is 1. The van der Waals surface area contributed by atoms with E-state index in [4.69, 9.17) is 0 Å². The summed E-state index contributed by atoms with van der Waals surface area (Å²) in [6.45, 7) is 2.13. The molecular weight excluding hydrogens is 294 g/mol. The lowest BCUT2D eigenvalue weighted by atomic mass is 10.2. The van der Waals surface area contributed by atoms with Gasteiger partial charge in [-0.15, -0.1) is 11.3 Å². The van der Waals surface area contributed by atoms with Gasteiger partial charge in [-0.25, -0.2) is 9.97 Å². The van der Waals surface area contributed by atoms with Gasteiger partial charge in [0.05, 0.1) is 17.0 Å². The molecule has 9 heteroatoms. The van der Waals surface area contributed by atoms with Crippen LogP contribution in [-0.4, -0.2) is 27.8 Å². The molecule has 0 aliphatic carbocycles. The molecule has 2 aromatic rings. The van der Waals surface area contributed by atoms with Gasteiger partial charge in [-0.3, -0.25) is 14.9 Å². The highest BCUT2D eigenvalue weighted by Crippen LogP contribution is 2.19. The molecule has 2 N–H and O–H groups in total. The maximum absolute atomic E-state index is 12.1. The third kappa shape index (κ3) is 3.51. The highest BCUT2D eigenvalue weighted by Gasteiger charge is 2.17. The van der Waals surface area contributed by atoms with Crippen molar-refractivity contribution in [2.45, 2.75) is 13.5 Å². The number of rotatable bonds is 5. The van der Waals surface area contributed by atoms with Crippen LogP contribution in [0.5, 0.6) is 0 Å². The second kappa shape index (κ2) is 6.27. The Balaban J connectivity index is 2.17. The number of aromatic nitrogens is 2. The van der Waals surface area contributed by atoms with E-state index in [2.05, 4.69) is 20.6 Å². The Morgan fingerprint density at radius 2 is 2.29 bits per heavy atom. The Morgan fingerprint density at radius 1 is 1.52 bits per heavy atom. The first-order chi connectivity index (χ1) is 10.0. The van der Waals surface area contributed by atoms with Gasteiger partial charge < -0.3 is 10.6 Å². The number of carbonyl (C=O) groups excluding carboxylic acids is 1. The highest BCUT2D eigenvalue weighted by molar-refractivity contribution is 7.09. The van der Waals surface area contributed by atoms with Crippen LogP contribution in [0, 0.1) is 17.0 Å². The van der Waals surface area contributed by atoms with Crippen molar-refractivity contribution in [3.05, 3.63) is 44.0 Å². The number of thiazole rings is 1. The molecule has 0 fully saturated rings. The summed E-state index contributed by atoms with van der Waals surface area (Å²) in [5.41, 5.74) is 0.779. The molecule has 2 rings (SSSR count). The van der Waals surface area contributed by atoms with E-state index in [0.29, 0.717) is 0 Å². The molecule has 0 saturated heterocycles. The highest BCUT2D eigenvalue weighted by atomic mass is 32.1. The normalized spacial score (nSPS) is 10.2. The molecule has 21 heavy (non-hydrogen) atoms. The Morgan fingerprint density at radius 3 is 2.86 bits per heavy atom. The van der Waals surface area contributed by atoms with Crippen molar-refractivity contribution in [3.63, 3.8) is 0 Å². The smallest absolute Gasteiger partial charge is 0.288 e. The van der Waals surface area contributed by atoms with Crippen molar-refractivity contribution in [2.24, 2.45) is 0 Å². The molecule has 2 aromatic heterocycles. The zero-order valence-electron chi connectivity index (χ0n) is 11.4. The van der Waals surface area contributed by atoms with E-state index in [0.717, 1.165) is 16.9 Å². The standard InChI is InChI=1S/C12H13N5O3S/c1-7-6-21-10(16-7)5-15-12(18)9-3-8(17(19)20)4-14-11(9)13-2/h3-4,6H,5H2,1-2H3,(H,13,14)(H,15,18). The Hall–Kier alpha value is -2.55. The lowest BCUT2D eigenvalue weighted by molar-refractivity contribution is -0.385. The molecule has 2 heterocycles. The molecule has 0 aromatic carbocycles. The zero-order valence-corrected chi connectivity index (χ0v) is 12.2. The Labute approximate surface area is 124 Å².